The van der Waals surface area contributed by atoms with Gasteiger partial charge >= 0.3 is 12.3 Å². The average molecular weight is 543 g/mol. The molecule has 10 nitrogen and oxygen atoms in total. The highest BCUT2D eigenvalue weighted by atomic mass is 32.1. The molecule has 0 aliphatic carbocycles. The second-order valence-electron chi connectivity index (χ2n) is 7.41. The van der Waals surface area contributed by atoms with E-state index in [1.807, 2.05) is 0 Å². The Kier molecular flexibility index (Phi) is 8.25. The lowest BCUT2D eigenvalue weighted by Gasteiger charge is -2.19. The molecule has 0 aliphatic heterocycles. The van der Waals surface area contributed by atoms with Crippen molar-refractivity contribution in [3.8, 4) is 17.6 Å². The Bertz CT molecular complexity index is 1410. The molecule has 0 fully saturated rings. The SMILES string of the molecule is CCOC(=O)c1cnn(-c2nc(OC)c3c(cnn3[C@@H](CC)c3ccc(OC(F)(F)F)c(F)c3)n2)c1.S. The number of fused-ring (bicyclic) bond motifs is 1. The van der Waals surface area contributed by atoms with Crippen molar-refractivity contribution >= 4 is 30.5 Å². The summed E-state index contributed by atoms with van der Waals surface area (Å²) < 4.78 is 68.8. The summed E-state index contributed by atoms with van der Waals surface area (Å²) in [6.07, 6.45) is -0.444. The molecule has 0 aliphatic rings. The van der Waals surface area contributed by atoms with Crippen LogP contribution in [-0.2, 0) is 4.74 Å². The summed E-state index contributed by atoms with van der Waals surface area (Å²) in [5.74, 6) is -2.42. The number of rotatable bonds is 8. The lowest BCUT2D eigenvalue weighted by atomic mass is 10.0. The number of halogens is 4. The van der Waals surface area contributed by atoms with Gasteiger partial charge in [-0.2, -0.15) is 28.7 Å². The van der Waals surface area contributed by atoms with Gasteiger partial charge in [0.05, 0.1) is 37.7 Å². The molecule has 15 heteroatoms. The van der Waals surface area contributed by atoms with Gasteiger partial charge in [0.25, 0.3) is 5.95 Å². The van der Waals surface area contributed by atoms with Gasteiger partial charge in [-0.05, 0) is 31.0 Å². The summed E-state index contributed by atoms with van der Waals surface area (Å²) >= 11 is 0. The first-order valence-electron chi connectivity index (χ1n) is 10.7. The highest BCUT2D eigenvalue weighted by molar-refractivity contribution is 7.59. The van der Waals surface area contributed by atoms with Crippen LogP contribution in [0.1, 0.15) is 42.2 Å². The third-order valence-electron chi connectivity index (χ3n) is 5.14. The Morgan fingerprint density at radius 1 is 1.14 bits per heavy atom. The minimum Gasteiger partial charge on any atom is -0.479 e. The third kappa shape index (κ3) is 5.76. The summed E-state index contributed by atoms with van der Waals surface area (Å²) in [6, 6.07) is 2.62. The molecule has 0 N–H and O–H groups in total. The van der Waals surface area contributed by atoms with Crippen molar-refractivity contribution in [3.05, 3.63) is 53.7 Å². The molecule has 0 saturated carbocycles. The Hall–Kier alpha value is -3.88. The molecule has 0 radical (unpaired) electrons. The van der Waals surface area contributed by atoms with Crippen LogP contribution in [0.25, 0.3) is 17.0 Å². The number of hydrogen-bond acceptors (Lipinski definition) is 8. The summed E-state index contributed by atoms with van der Waals surface area (Å²) in [5, 5.41) is 8.45. The Morgan fingerprint density at radius 2 is 1.89 bits per heavy atom. The number of benzene rings is 1. The lowest BCUT2D eigenvalue weighted by Crippen LogP contribution is -2.18. The van der Waals surface area contributed by atoms with Gasteiger partial charge in [0.2, 0.25) is 5.88 Å². The van der Waals surface area contributed by atoms with Gasteiger partial charge in [0.1, 0.15) is 11.0 Å². The van der Waals surface area contributed by atoms with Gasteiger partial charge < -0.3 is 14.2 Å². The van der Waals surface area contributed by atoms with E-state index in [0.717, 1.165) is 12.1 Å². The van der Waals surface area contributed by atoms with Crippen LogP contribution in [0.15, 0.2) is 36.8 Å². The molecule has 0 spiro atoms. The fraction of sp³-hybridized carbons (Fsp3) is 0.318. The third-order valence-corrected chi connectivity index (χ3v) is 5.14. The average Bonchev–Trinajstić information content (AvgIpc) is 3.48. The second-order valence-corrected chi connectivity index (χ2v) is 7.41. The smallest absolute Gasteiger partial charge is 0.479 e. The van der Waals surface area contributed by atoms with Crippen LogP contribution in [-0.4, -0.2) is 55.6 Å². The molecule has 37 heavy (non-hydrogen) atoms. The molecule has 0 bridgehead atoms. The quantitative estimate of drug-likeness (QED) is 0.239. The molecular weight excluding hydrogens is 520 g/mol. The van der Waals surface area contributed by atoms with E-state index in [1.165, 1.54) is 41.1 Å². The van der Waals surface area contributed by atoms with Crippen molar-refractivity contribution in [3.63, 3.8) is 0 Å². The zero-order chi connectivity index (χ0) is 26.0. The number of ether oxygens (including phenoxy) is 3. The van der Waals surface area contributed by atoms with Gasteiger partial charge in [-0.25, -0.2) is 18.9 Å². The van der Waals surface area contributed by atoms with Crippen molar-refractivity contribution in [2.24, 2.45) is 0 Å². The molecule has 0 saturated heterocycles. The van der Waals surface area contributed by atoms with Gasteiger partial charge in [-0.15, -0.1) is 13.2 Å². The highest BCUT2D eigenvalue weighted by Crippen LogP contribution is 2.33. The first kappa shape index (κ1) is 27.7. The summed E-state index contributed by atoms with van der Waals surface area (Å²) in [4.78, 5) is 20.7. The van der Waals surface area contributed by atoms with E-state index in [-0.39, 0.29) is 37.5 Å². The summed E-state index contributed by atoms with van der Waals surface area (Å²) in [7, 11) is 1.39. The first-order valence-corrected chi connectivity index (χ1v) is 10.7. The van der Waals surface area contributed by atoms with Crippen LogP contribution in [0.3, 0.4) is 0 Å². The summed E-state index contributed by atoms with van der Waals surface area (Å²) in [6.45, 7) is 3.70. The Labute approximate surface area is 214 Å². The Morgan fingerprint density at radius 3 is 2.51 bits per heavy atom. The maximum absolute atomic E-state index is 14.4. The number of carbonyl (C=O) groups is 1. The van der Waals surface area contributed by atoms with Crippen molar-refractivity contribution in [2.45, 2.75) is 32.7 Å². The number of aromatic nitrogens is 6. The van der Waals surface area contributed by atoms with Crippen LogP contribution in [0.2, 0.25) is 0 Å². The minimum absolute atomic E-state index is 0. The van der Waals surface area contributed by atoms with Crippen LogP contribution < -0.4 is 9.47 Å². The number of methoxy groups -OCH3 is 1. The van der Waals surface area contributed by atoms with Crippen LogP contribution >= 0.6 is 13.5 Å². The van der Waals surface area contributed by atoms with Crippen molar-refractivity contribution < 1.29 is 36.6 Å². The first-order chi connectivity index (χ1) is 17.1. The zero-order valence-corrected chi connectivity index (χ0v) is 20.8. The Balaban J connectivity index is 0.00000380. The number of esters is 1. The maximum Gasteiger partial charge on any atom is 0.573 e. The maximum atomic E-state index is 14.4. The highest BCUT2D eigenvalue weighted by Gasteiger charge is 2.32. The molecule has 3 aromatic heterocycles. The van der Waals surface area contributed by atoms with Crippen molar-refractivity contribution in [1.29, 1.82) is 0 Å². The van der Waals surface area contributed by atoms with E-state index in [1.54, 1.807) is 13.8 Å². The number of carbonyl (C=O) groups excluding carboxylic acids is 1. The van der Waals surface area contributed by atoms with Gasteiger partial charge in [0, 0.05) is 6.20 Å². The van der Waals surface area contributed by atoms with E-state index in [0.29, 0.717) is 23.0 Å². The van der Waals surface area contributed by atoms with E-state index >= 15 is 0 Å². The largest absolute Gasteiger partial charge is 0.573 e. The number of alkyl halides is 3. The molecule has 1 aromatic carbocycles. The van der Waals surface area contributed by atoms with Crippen molar-refractivity contribution in [2.75, 3.05) is 13.7 Å². The van der Waals surface area contributed by atoms with Crippen LogP contribution in [0, 0.1) is 5.82 Å². The van der Waals surface area contributed by atoms with Crippen molar-refractivity contribution in [1.82, 2.24) is 29.5 Å². The molecule has 0 amide bonds. The zero-order valence-electron chi connectivity index (χ0n) is 19.8. The van der Waals surface area contributed by atoms with E-state index in [2.05, 4.69) is 24.9 Å². The number of hydrogen-bond donors (Lipinski definition) is 0. The summed E-state index contributed by atoms with van der Waals surface area (Å²) in [5.41, 5.74) is 1.30. The molecule has 4 aromatic rings. The molecule has 3 heterocycles. The van der Waals surface area contributed by atoms with Crippen LogP contribution in [0.4, 0.5) is 17.6 Å². The van der Waals surface area contributed by atoms with E-state index < -0.39 is 29.9 Å². The van der Waals surface area contributed by atoms with E-state index in [9.17, 15) is 22.4 Å². The number of nitrogens with zero attached hydrogens (tertiary/aromatic N) is 6. The standard InChI is InChI=1S/C22H20F4N6O4.H2S/c1-4-16(12-6-7-17(14(23)8-12)36-22(24,25)26)32-18-15(10-28-32)29-21(30-19(18)34-3)31-11-13(9-27-31)20(33)35-5-2;/h6-11,16H,4-5H2,1-3H3;1H2/t16-;/m0./s1. The molecule has 0 unspecified atom stereocenters. The van der Waals surface area contributed by atoms with Gasteiger partial charge in [-0.1, -0.05) is 13.0 Å². The molecule has 198 valence electrons. The predicted octanol–water partition coefficient (Wildman–Crippen LogP) is 4.35. The fourth-order valence-corrected chi connectivity index (χ4v) is 3.63. The molecule has 4 rings (SSSR count). The second kappa shape index (κ2) is 11.0. The minimum atomic E-state index is -5.02. The van der Waals surface area contributed by atoms with E-state index in [4.69, 9.17) is 9.47 Å². The fourth-order valence-electron chi connectivity index (χ4n) is 3.63. The molecule has 1 atom stereocenters. The molecular formula is C22H22F4N6O4S. The van der Waals surface area contributed by atoms with Gasteiger partial charge in [-0.3, -0.25) is 4.68 Å². The lowest BCUT2D eigenvalue weighted by molar-refractivity contribution is -0.275. The predicted molar refractivity (Wildman–Crippen MR) is 127 cm³/mol. The van der Waals surface area contributed by atoms with Gasteiger partial charge in [0.15, 0.2) is 11.6 Å². The normalized spacial score (nSPS) is 12.2. The monoisotopic (exact) mass is 542 g/mol. The van der Waals surface area contributed by atoms with Crippen LogP contribution in [0.5, 0.6) is 11.6 Å². The topological polar surface area (TPSA) is 106 Å².